The van der Waals surface area contributed by atoms with Crippen molar-refractivity contribution in [1.82, 2.24) is 10.2 Å². The second-order valence-electron chi connectivity index (χ2n) is 9.18. The predicted octanol–water partition coefficient (Wildman–Crippen LogP) is 5.61. The summed E-state index contributed by atoms with van der Waals surface area (Å²) in [5, 5.41) is 7.26. The highest BCUT2D eigenvalue weighted by atomic mass is 32.1. The summed E-state index contributed by atoms with van der Waals surface area (Å²) in [5.41, 5.74) is 1.93. The van der Waals surface area contributed by atoms with Gasteiger partial charge in [-0.2, -0.15) is 0 Å². The number of hydrogen-bond acceptors (Lipinski definition) is 6. The first-order valence-corrected chi connectivity index (χ1v) is 13.9. The molecule has 1 aromatic carbocycles. The normalized spacial score (nSPS) is 16.1. The molecule has 2 aliphatic rings. The minimum absolute atomic E-state index is 0.0679. The number of amides is 2. The number of carbonyl (C=O) groups excluding carboxylic acids is 2. The Morgan fingerprint density at radius 2 is 1.89 bits per heavy atom. The fourth-order valence-electron chi connectivity index (χ4n) is 4.82. The predicted molar refractivity (Wildman–Crippen MR) is 138 cm³/mol. The molecule has 0 bridgehead atoms. The largest absolute Gasteiger partial charge is 0.454 e. The molecule has 1 fully saturated rings. The maximum Gasteiger partial charge on any atom is 0.248 e. The molecule has 35 heavy (non-hydrogen) atoms. The second-order valence-corrected chi connectivity index (χ2v) is 11.2. The Bertz CT molecular complexity index is 1170. The van der Waals surface area contributed by atoms with E-state index in [9.17, 15) is 9.59 Å². The van der Waals surface area contributed by atoms with Gasteiger partial charge in [-0.25, -0.2) is 0 Å². The lowest BCUT2D eigenvalue weighted by atomic mass is 9.95. The van der Waals surface area contributed by atoms with E-state index < -0.39 is 6.04 Å². The number of nitrogens with zero attached hydrogens (tertiary/aromatic N) is 1. The Morgan fingerprint density at radius 3 is 2.63 bits per heavy atom. The number of aryl methyl sites for hydroxylation is 1. The highest BCUT2D eigenvalue weighted by Crippen LogP contribution is 2.35. The number of rotatable bonds is 8. The minimum Gasteiger partial charge on any atom is -0.454 e. The van der Waals surface area contributed by atoms with Crippen LogP contribution in [0.3, 0.4) is 0 Å². The molecule has 1 saturated carbocycles. The highest BCUT2D eigenvalue weighted by molar-refractivity contribution is 7.10. The van der Waals surface area contributed by atoms with E-state index in [0.29, 0.717) is 18.0 Å². The van der Waals surface area contributed by atoms with Crippen LogP contribution in [0.1, 0.15) is 59.0 Å². The van der Waals surface area contributed by atoms with Gasteiger partial charge in [0.25, 0.3) is 0 Å². The number of carbonyl (C=O) groups is 2. The van der Waals surface area contributed by atoms with E-state index in [2.05, 4.69) is 5.32 Å². The molecule has 5 rings (SSSR count). The van der Waals surface area contributed by atoms with Gasteiger partial charge in [0, 0.05) is 22.3 Å². The van der Waals surface area contributed by atoms with Crippen LogP contribution in [0.2, 0.25) is 0 Å². The molecule has 3 heterocycles. The fourth-order valence-corrected chi connectivity index (χ4v) is 6.55. The molecule has 2 aromatic heterocycles. The first-order valence-electron chi connectivity index (χ1n) is 12.1. The molecule has 1 aliphatic heterocycles. The summed E-state index contributed by atoms with van der Waals surface area (Å²) in [6, 6.07) is 11.1. The lowest BCUT2D eigenvalue weighted by molar-refractivity contribution is -0.141. The smallest absolute Gasteiger partial charge is 0.248 e. The van der Waals surface area contributed by atoms with Gasteiger partial charge in [-0.3, -0.25) is 9.59 Å². The molecule has 0 saturated heterocycles. The molecule has 2 amide bonds. The maximum atomic E-state index is 13.8. The second kappa shape index (κ2) is 10.8. The van der Waals surface area contributed by atoms with Crippen molar-refractivity contribution in [1.29, 1.82) is 0 Å². The number of benzene rings is 1. The topological polar surface area (TPSA) is 67.9 Å². The average Bonchev–Trinajstić information content (AvgIpc) is 3.62. The first kappa shape index (κ1) is 23.9. The molecular weight excluding hydrogens is 480 g/mol. The van der Waals surface area contributed by atoms with Crippen molar-refractivity contribution in [3.8, 4) is 11.5 Å². The molecule has 184 valence electrons. The van der Waals surface area contributed by atoms with Crippen LogP contribution in [0.15, 0.2) is 47.2 Å². The quantitative estimate of drug-likeness (QED) is 0.428. The Balaban J connectivity index is 1.48. The van der Waals surface area contributed by atoms with Crippen LogP contribution in [0, 0.1) is 6.92 Å². The van der Waals surface area contributed by atoms with E-state index in [0.717, 1.165) is 46.6 Å². The van der Waals surface area contributed by atoms with Crippen molar-refractivity contribution in [2.75, 3.05) is 6.79 Å². The van der Waals surface area contributed by atoms with Gasteiger partial charge < -0.3 is 19.7 Å². The Kier molecular flexibility index (Phi) is 7.39. The summed E-state index contributed by atoms with van der Waals surface area (Å²) in [7, 11) is 0. The van der Waals surface area contributed by atoms with Gasteiger partial charge in [0.05, 0.1) is 6.42 Å². The Morgan fingerprint density at radius 1 is 1.06 bits per heavy atom. The van der Waals surface area contributed by atoms with Gasteiger partial charge in [-0.15, -0.1) is 22.7 Å². The van der Waals surface area contributed by atoms with E-state index in [-0.39, 0.29) is 31.1 Å². The molecule has 8 heteroatoms. The van der Waals surface area contributed by atoms with E-state index in [4.69, 9.17) is 9.47 Å². The summed E-state index contributed by atoms with van der Waals surface area (Å²) < 4.78 is 11.0. The van der Waals surface area contributed by atoms with Crippen LogP contribution in [0.25, 0.3) is 0 Å². The van der Waals surface area contributed by atoms with E-state index in [1.807, 2.05) is 54.1 Å². The van der Waals surface area contributed by atoms with Crippen molar-refractivity contribution >= 4 is 34.5 Å². The number of fused-ring (bicyclic) bond motifs is 1. The zero-order valence-corrected chi connectivity index (χ0v) is 21.5. The standard InChI is InChI=1S/C27H30N2O4S2/c1-18-11-13-35-26(18)25(27(31)28-20-6-3-2-4-7-20)29(24(30)15-21-8-5-12-34-21)16-19-9-10-22-23(14-19)33-17-32-22/h5,8-14,20,25H,2-4,6-7,15-17H2,1H3,(H,28,31)/t25-/m0/s1. The van der Waals surface area contributed by atoms with Gasteiger partial charge in [0.1, 0.15) is 6.04 Å². The van der Waals surface area contributed by atoms with Crippen molar-refractivity contribution in [2.45, 2.75) is 64.1 Å². The molecular formula is C27H30N2O4S2. The number of ether oxygens (including phenoxy) is 2. The molecule has 3 aromatic rings. The van der Waals surface area contributed by atoms with Crippen molar-refractivity contribution in [3.05, 3.63) is 68.0 Å². The zero-order chi connectivity index (χ0) is 24.2. The van der Waals surface area contributed by atoms with Crippen LogP contribution in [0.5, 0.6) is 11.5 Å². The Hall–Kier alpha value is -2.84. The summed E-state index contributed by atoms with van der Waals surface area (Å²) in [6.45, 7) is 2.51. The maximum absolute atomic E-state index is 13.8. The van der Waals surface area contributed by atoms with Crippen molar-refractivity contribution in [2.24, 2.45) is 0 Å². The number of hydrogen-bond donors (Lipinski definition) is 1. The van der Waals surface area contributed by atoms with Crippen LogP contribution >= 0.6 is 22.7 Å². The van der Waals surface area contributed by atoms with Crippen LogP contribution in [-0.2, 0) is 22.6 Å². The Labute approximate surface area is 213 Å². The third kappa shape index (κ3) is 5.54. The van der Waals surface area contributed by atoms with Gasteiger partial charge in [0.2, 0.25) is 18.6 Å². The van der Waals surface area contributed by atoms with Crippen LogP contribution in [0.4, 0.5) is 0 Å². The van der Waals surface area contributed by atoms with E-state index >= 15 is 0 Å². The zero-order valence-electron chi connectivity index (χ0n) is 19.8. The third-order valence-corrected chi connectivity index (χ3v) is 8.63. The van der Waals surface area contributed by atoms with Gasteiger partial charge in [0.15, 0.2) is 11.5 Å². The number of nitrogens with one attached hydrogen (secondary N) is 1. The molecule has 0 radical (unpaired) electrons. The van der Waals surface area contributed by atoms with Crippen LogP contribution in [-0.4, -0.2) is 29.5 Å². The van der Waals surface area contributed by atoms with Gasteiger partial charge in [-0.1, -0.05) is 31.4 Å². The van der Waals surface area contributed by atoms with Gasteiger partial charge in [-0.05, 0) is 65.9 Å². The molecule has 1 atom stereocenters. The molecule has 0 spiro atoms. The summed E-state index contributed by atoms with van der Waals surface area (Å²) in [4.78, 5) is 31.3. The minimum atomic E-state index is -0.685. The SMILES string of the molecule is Cc1ccsc1[C@@H](C(=O)NC1CCCCC1)N(Cc1ccc2c(c1)OCO2)C(=O)Cc1cccs1. The summed E-state index contributed by atoms with van der Waals surface area (Å²) in [6.07, 6.45) is 5.73. The third-order valence-electron chi connectivity index (χ3n) is 6.68. The molecule has 0 unspecified atom stereocenters. The molecule has 1 N–H and O–H groups in total. The molecule has 1 aliphatic carbocycles. The van der Waals surface area contributed by atoms with E-state index in [1.54, 1.807) is 16.2 Å². The fraction of sp³-hybridized carbons (Fsp3) is 0.407. The number of thiophene rings is 2. The average molecular weight is 511 g/mol. The first-order chi connectivity index (χ1) is 17.1. The van der Waals surface area contributed by atoms with E-state index in [1.165, 1.54) is 17.8 Å². The monoisotopic (exact) mass is 510 g/mol. The highest BCUT2D eigenvalue weighted by Gasteiger charge is 2.35. The lowest BCUT2D eigenvalue weighted by Crippen LogP contribution is -2.47. The van der Waals surface area contributed by atoms with Crippen molar-refractivity contribution < 1.29 is 19.1 Å². The van der Waals surface area contributed by atoms with Crippen molar-refractivity contribution in [3.63, 3.8) is 0 Å². The van der Waals surface area contributed by atoms with Gasteiger partial charge >= 0.3 is 0 Å². The van der Waals surface area contributed by atoms with Crippen LogP contribution < -0.4 is 14.8 Å². The summed E-state index contributed by atoms with van der Waals surface area (Å²) >= 11 is 3.09. The summed E-state index contributed by atoms with van der Waals surface area (Å²) in [5.74, 6) is 1.21. The molecule has 6 nitrogen and oxygen atoms in total. The lowest BCUT2D eigenvalue weighted by Gasteiger charge is -2.33.